The van der Waals surface area contributed by atoms with E-state index in [1.165, 1.54) is 7.11 Å². The number of hydrogen-bond acceptors (Lipinski definition) is 4. The van der Waals surface area contributed by atoms with Crippen molar-refractivity contribution < 1.29 is 4.84 Å². The van der Waals surface area contributed by atoms with E-state index in [2.05, 4.69) is 15.2 Å². The second-order valence-corrected chi connectivity index (χ2v) is 2.43. The summed E-state index contributed by atoms with van der Waals surface area (Å²) in [4.78, 5) is 4.43. The molecule has 1 aromatic carbocycles. The van der Waals surface area contributed by atoms with Gasteiger partial charge in [-0.25, -0.2) is 0 Å². The van der Waals surface area contributed by atoms with Gasteiger partial charge in [0.15, 0.2) is 0 Å². The highest BCUT2D eigenvalue weighted by Gasteiger charge is 1.96. The van der Waals surface area contributed by atoms with Gasteiger partial charge in [0.2, 0.25) is 0 Å². The Balaban J connectivity index is 2.94. The summed E-state index contributed by atoms with van der Waals surface area (Å²) < 4.78 is 0. The molecule has 0 atom stereocenters. The monoisotopic (exact) mass is 165 g/mol. The molecular formula is C8H11N3O. The molecule has 0 aliphatic carbocycles. The predicted molar refractivity (Wildman–Crippen MR) is 47.1 cm³/mol. The molecule has 64 valence electrons. The third-order valence-electron chi connectivity index (χ3n) is 1.41. The molecule has 0 heterocycles. The van der Waals surface area contributed by atoms with Crippen molar-refractivity contribution >= 4 is 11.4 Å². The lowest BCUT2D eigenvalue weighted by atomic mass is 10.2. The van der Waals surface area contributed by atoms with Gasteiger partial charge in [0.05, 0.1) is 5.69 Å². The van der Waals surface area contributed by atoms with E-state index >= 15 is 0 Å². The molecule has 0 unspecified atom stereocenters. The molecular weight excluding hydrogens is 154 g/mol. The highest BCUT2D eigenvalue weighted by Crippen LogP contribution is 2.22. The van der Waals surface area contributed by atoms with E-state index in [4.69, 9.17) is 5.73 Å². The van der Waals surface area contributed by atoms with Gasteiger partial charge in [-0.15, -0.1) is 5.11 Å². The Morgan fingerprint density at radius 3 is 2.75 bits per heavy atom. The van der Waals surface area contributed by atoms with Crippen LogP contribution in [0, 0.1) is 6.92 Å². The van der Waals surface area contributed by atoms with E-state index in [-0.39, 0.29) is 0 Å². The van der Waals surface area contributed by atoms with Crippen molar-refractivity contribution in [2.45, 2.75) is 6.92 Å². The van der Waals surface area contributed by atoms with Crippen molar-refractivity contribution in [3.63, 3.8) is 0 Å². The highest BCUT2D eigenvalue weighted by atomic mass is 16.6. The molecule has 0 aromatic heterocycles. The van der Waals surface area contributed by atoms with Crippen molar-refractivity contribution in [2.24, 2.45) is 10.4 Å². The van der Waals surface area contributed by atoms with Crippen LogP contribution in [0.5, 0.6) is 0 Å². The highest BCUT2D eigenvalue weighted by molar-refractivity contribution is 5.62. The molecule has 4 nitrogen and oxygen atoms in total. The normalized spacial score (nSPS) is 10.5. The molecule has 0 spiro atoms. The van der Waals surface area contributed by atoms with Crippen molar-refractivity contribution in [2.75, 3.05) is 12.8 Å². The van der Waals surface area contributed by atoms with Crippen molar-refractivity contribution in [1.29, 1.82) is 0 Å². The fourth-order valence-corrected chi connectivity index (χ4v) is 0.850. The van der Waals surface area contributed by atoms with Gasteiger partial charge in [0.25, 0.3) is 0 Å². The van der Waals surface area contributed by atoms with E-state index in [1.807, 2.05) is 19.1 Å². The van der Waals surface area contributed by atoms with Crippen molar-refractivity contribution in [3.8, 4) is 0 Å². The number of benzene rings is 1. The third kappa shape index (κ3) is 1.95. The summed E-state index contributed by atoms with van der Waals surface area (Å²) in [6.07, 6.45) is 0. The van der Waals surface area contributed by atoms with Gasteiger partial charge in [-0.1, -0.05) is 6.07 Å². The third-order valence-corrected chi connectivity index (χ3v) is 1.41. The predicted octanol–water partition coefficient (Wildman–Crippen LogP) is 2.22. The summed E-state index contributed by atoms with van der Waals surface area (Å²) in [7, 11) is 1.44. The van der Waals surface area contributed by atoms with Crippen LogP contribution in [-0.2, 0) is 4.84 Å². The Morgan fingerprint density at radius 1 is 1.42 bits per heavy atom. The molecule has 0 aliphatic heterocycles. The maximum Gasteiger partial charge on any atom is 0.112 e. The molecule has 0 saturated carbocycles. The van der Waals surface area contributed by atoms with Gasteiger partial charge in [-0.05, 0) is 24.6 Å². The largest absolute Gasteiger partial charge is 0.397 e. The summed E-state index contributed by atoms with van der Waals surface area (Å²) >= 11 is 0. The average Bonchev–Trinajstić information content (AvgIpc) is 2.03. The first-order valence-corrected chi connectivity index (χ1v) is 3.54. The number of aryl methyl sites for hydroxylation is 1. The topological polar surface area (TPSA) is 60.0 Å². The van der Waals surface area contributed by atoms with Gasteiger partial charge >= 0.3 is 0 Å². The summed E-state index contributed by atoms with van der Waals surface area (Å²) in [5.74, 6) is 0. The minimum absolute atomic E-state index is 0.607. The maximum atomic E-state index is 5.65. The zero-order valence-electron chi connectivity index (χ0n) is 7.11. The van der Waals surface area contributed by atoms with Crippen LogP contribution in [0.3, 0.4) is 0 Å². The Hall–Kier alpha value is -1.58. The van der Waals surface area contributed by atoms with Crippen LogP contribution in [-0.4, -0.2) is 7.11 Å². The molecule has 12 heavy (non-hydrogen) atoms. The molecule has 0 bridgehead atoms. The molecule has 0 saturated heterocycles. The van der Waals surface area contributed by atoms with Crippen molar-refractivity contribution in [1.82, 2.24) is 0 Å². The van der Waals surface area contributed by atoms with Crippen LogP contribution in [0.25, 0.3) is 0 Å². The zero-order valence-corrected chi connectivity index (χ0v) is 7.11. The SMILES string of the molecule is CO/N=N/c1ccc(C)cc1N. The van der Waals surface area contributed by atoms with E-state index in [9.17, 15) is 0 Å². The fourth-order valence-electron chi connectivity index (χ4n) is 0.850. The Morgan fingerprint density at radius 2 is 2.17 bits per heavy atom. The quantitative estimate of drug-likeness (QED) is 0.415. The second kappa shape index (κ2) is 3.71. The van der Waals surface area contributed by atoms with Gasteiger partial charge in [-0.2, -0.15) is 0 Å². The standard InChI is InChI=1S/C8H11N3O/c1-6-3-4-8(7(9)5-6)10-11-12-2/h3-5H,9H2,1-2H3/b11-10+. The molecule has 0 radical (unpaired) electrons. The Labute approximate surface area is 71.0 Å². The van der Waals surface area contributed by atoms with Gasteiger partial charge in [-0.3, -0.25) is 0 Å². The summed E-state index contributed by atoms with van der Waals surface area (Å²) in [5.41, 5.74) is 7.99. The van der Waals surface area contributed by atoms with Crippen LogP contribution < -0.4 is 5.73 Å². The van der Waals surface area contributed by atoms with E-state index in [0.29, 0.717) is 11.4 Å². The van der Waals surface area contributed by atoms with Crippen LogP contribution in [0.1, 0.15) is 5.56 Å². The summed E-state index contributed by atoms with van der Waals surface area (Å²) in [6.45, 7) is 1.97. The lowest BCUT2D eigenvalue weighted by Crippen LogP contribution is -1.85. The number of hydrogen-bond donors (Lipinski definition) is 1. The van der Waals surface area contributed by atoms with Gasteiger partial charge in [0.1, 0.15) is 12.8 Å². The van der Waals surface area contributed by atoms with Crippen LogP contribution >= 0.6 is 0 Å². The minimum atomic E-state index is 0.607. The number of anilines is 1. The number of nitrogens with zero attached hydrogens (tertiary/aromatic N) is 2. The number of rotatable bonds is 2. The van der Waals surface area contributed by atoms with Gasteiger partial charge < -0.3 is 10.6 Å². The summed E-state index contributed by atoms with van der Waals surface area (Å²) in [6, 6.07) is 5.55. The van der Waals surface area contributed by atoms with Crippen molar-refractivity contribution in [3.05, 3.63) is 23.8 Å². The smallest absolute Gasteiger partial charge is 0.112 e. The zero-order chi connectivity index (χ0) is 8.97. The number of nitrogen functional groups attached to an aromatic ring is 1. The maximum absolute atomic E-state index is 5.65. The molecule has 0 amide bonds. The minimum Gasteiger partial charge on any atom is -0.397 e. The average molecular weight is 165 g/mol. The second-order valence-electron chi connectivity index (χ2n) is 2.43. The van der Waals surface area contributed by atoms with E-state index in [0.717, 1.165) is 5.56 Å². The van der Waals surface area contributed by atoms with Crippen LogP contribution in [0.2, 0.25) is 0 Å². The Bertz CT molecular complexity index is 296. The van der Waals surface area contributed by atoms with Crippen LogP contribution in [0.15, 0.2) is 28.6 Å². The summed E-state index contributed by atoms with van der Waals surface area (Å²) in [5, 5.41) is 7.12. The molecule has 0 fully saturated rings. The molecule has 1 aromatic rings. The molecule has 2 N–H and O–H groups in total. The number of nitrogens with two attached hydrogens (primary N) is 1. The Kier molecular flexibility index (Phi) is 2.63. The first kappa shape index (κ1) is 8.52. The molecule has 1 rings (SSSR count). The van der Waals surface area contributed by atoms with E-state index in [1.54, 1.807) is 6.07 Å². The molecule has 4 heteroatoms. The fraction of sp³-hybridized carbons (Fsp3) is 0.250. The molecule has 0 aliphatic rings. The lowest BCUT2D eigenvalue weighted by Gasteiger charge is -1.98. The first-order chi connectivity index (χ1) is 5.74. The lowest BCUT2D eigenvalue weighted by molar-refractivity contribution is 0.190. The first-order valence-electron chi connectivity index (χ1n) is 3.54. The van der Waals surface area contributed by atoms with Gasteiger partial charge in [0, 0.05) is 5.28 Å². The van der Waals surface area contributed by atoms with Crippen LogP contribution in [0.4, 0.5) is 11.4 Å². The van der Waals surface area contributed by atoms with E-state index < -0.39 is 0 Å².